The Morgan fingerprint density at radius 2 is 2.02 bits per heavy atom. The minimum atomic E-state index is -1.79. The normalized spacial score (nSPS) is 34.6. The van der Waals surface area contributed by atoms with Gasteiger partial charge in [-0.25, -0.2) is 9.59 Å². The summed E-state index contributed by atoms with van der Waals surface area (Å²) in [6.45, 7) is 10.4. The molecule has 2 fully saturated rings. The van der Waals surface area contributed by atoms with Crippen molar-refractivity contribution in [2.24, 2.45) is 10.9 Å². The third kappa shape index (κ3) is 7.19. The molecule has 3 aliphatic heterocycles. The number of halogens is 1. The lowest BCUT2D eigenvalue weighted by Gasteiger charge is -2.42. The standard InChI is InChI=1S/C32H42ClN3O9/c1-17-10-9-11-24(42-8)32(40)16-23(43-30(39)35-32)18(2)28-31(4,45-28)25(44-29(38)19(3)34-5)15-26(37)36(6)21-13-20(12-17)14-22(41-7)27(21)33/h9-11,13-14,18-19,23-25,28,40H,5,12,15-16H2,1-4,6-8H3,(H,35,39)/b11-9+,17-10+/t18-,19+,23+,24-,25+,28+,31+,32+/m1/s1. The second kappa shape index (κ2) is 13.5. The Morgan fingerprint density at radius 1 is 1.31 bits per heavy atom. The van der Waals surface area contributed by atoms with E-state index >= 15 is 0 Å². The quantitative estimate of drug-likeness (QED) is 0.277. The van der Waals surface area contributed by atoms with Gasteiger partial charge in [-0.1, -0.05) is 42.3 Å². The summed E-state index contributed by atoms with van der Waals surface area (Å²) in [5.74, 6) is -1.15. The molecule has 0 radical (unpaired) electrons. The van der Waals surface area contributed by atoms with Crippen molar-refractivity contribution in [3.8, 4) is 5.75 Å². The van der Waals surface area contributed by atoms with Crippen molar-refractivity contribution in [2.75, 3.05) is 26.2 Å². The van der Waals surface area contributed by atoms with Crippen LogP contribution in [0, 0.1) is 5.92 Å². The highest BCUT2D eigenvalue weighted by atomic mass is 35.5. The SMILES string of the molecule is C=N[C@@H](C)C(=O)O[C@H]1CC(=O)N(C)c2cc(cc(OC)c2Cl)C/C(C)=C/C=C/[C@@H](OC)[C@@]2(O)C[C@H](OC(=O)N2)[C@@H](C)[C@@H]2O[C@@]12C. The van der Waals surface area contributed by atoms with Crippen molar-refractivity contribution in [2.45, 2.75) is 88.7 Å². The molecule has 246 valence electrons. The second-order valence-corrected chi connectivity index (χ2v) is 12.5. The Bertz CT molecular complexity index is 1400. The molecule has 1 aromatic rings. The van der Waals surface area contributed by atoms with E-state index in [1.54, 1.807) is 38.3 Å². The second-order valence-electron chi connectivity index (χ2n) is 12.1. The van der Waals surface area contributed by atoms with Crippen molar-refractivity contribution in [1.82, 2.24) is 5.32 Å². The molecule has 3 heterocycles. The first kappa shape index (κ1) is 34.4. The van der Waals surface area contributed by atoms with Gasteiger partial charge in [-0.3, -0.25) is 15.1 Å². The summed E-state index contributed by atoms with van der Waals surface area (Å²) < 4.78 is 28.7. The monoisotopic (exact) mass is 647 g/mol. The number of esters is 1. The summed E-state index contributed by atoms with van der Waals surface area (Å²) >= 11 is 6.68. The molecule has 3 aliphatic rings. The van der Waals surface area contributed by atoms with Gasteiger partial charge in [-0.2, -0.15) is 0 Å². The number of aliphatic hydroxyl groups is 1. The van der Waals surface area contributed by atoms with E-state index in [2.05, 4.69) is 17.0 Å². The molecular weight excluding hydrogens is 606 g/mol. The molecule has 2 N–H and O–H groups in total. The molecule has 4 bridgehead atoms. The fourth-order valence-corrected chi connectivity index (χ4v) is 6.23. The fourth-order valence-electron chi connectivity index (χ4n) is 5.92. The van der Waals surface area contributed by atoms with Gasteiger partial charge in [0.1, 0.15) is 40.7 Å². The van der Waals surface area contributed by atoms with Crippen LogP contribution in [0.3, 0.4) is 0 Å². The van der Waals surface area contributed by atoms with Gasteiger partial charge in [0.15, 0.2) is 5.72 Å². The van der Waals surface area contributed by atoms with Crippen LogP contribution in [0.15, 0.2) is 40.9 Å². The van der Waals surface area contributed by atoms with Crippen LogP contribution in [-0.2, 0) is 35.0 Å². The van der Waals surface area contributed by atoms with Gasteiger partial charge < -0.3 is 33.7 Å². The van der Waals surface area contributed by atoms with Gasteiger partial charge in [0, 0.05) is 26.5 Å². The smallest absolute Gasteiger partial charge is 0.409 e. The number of alkyl carbamates (subject to hydrolysis) is 1. The number of amides is 2. The number of epoxide rings is 1. The van der Waals surface area contributed by atoms with Crippen LogP contribution in [0.4, 0.5) is 10.5 Å². The number of nitrogens with zero attached hydrogens (tertiary/aromatic N) is 2. The number of hydrogen-bond acceptors (Lipinski definition) is 10. The predicted octanol–water partition coefficient (Wildman–Crippen LogP) is 3.76. The fraction of sp³-hybridized carbons (Fsp3) is 0.562. The third-order valence-electron chi connectivity index (χ3n) is 8.82. The Balaban J connectivity index is 1.80. The van der Waals surface area contributed by atoms with E-state index in [9.17, 15) is 19.5 Å². The first-order chi connectivity index (χ1) is 21.2. The van der Waals surface area contributed by atoms with Crippen LogP contribution in [0.1, 0.15) is 46.1 Å². The van der Waals surface area contributed by atoms with Crippen molar-refractivity contribution in [1.29, 1.82) is 0 Å². The lowest BCUT2D eigenvalue weighted by atomic mass is 9.83. The predicted molar refractivity (Wildman–Crippen MR) is 168 cm³/mol. The third-order valence-corrected chi connectivity index (χ3v) is 9.20. The van der Waals surface area contributed by atoms with Crippen molar-refractivity contribution in [3.63, 3.8) is 0 Å². The molecular formula is C32H42ClN3O9. The average molecular weight is 648 g/mol. The topological polar surface area (TPSA) is 149 Å². The number of ether oxygens (including phenoxy) is 5. The highest BCUT2D eigenvalue weighted by Crippen LogP contribution is 2.49. The number of benzene rings is 1. The van der Waals surface area contributed by atoms with E-state index in [-0.39, 0.29) is 17.9 Å². The van der Waals surface area contributed by atoms with Crippen molar-refractivity contribution >= 4 is 42.0 Å². The number of hydrogen-bond donors (Lipinski definition) is 2. The molecule has 8 atom stereocenters. The summed E-state index contributed by atoms with van der Waals surface area (Å²) in [5, 5.41) is 14.4. The number of carbonyl (C=O) groups is 3. The molecule has 2 saturated heterocycles. The van der Waals surface area contributed by atoms with E-state index in [1.807, 2.05) is 19.9 Å². The van der Waals surface area contributed by atoms with E-state index in [0.29, 0.717) is 17.9 Å². The van der Waals surface area contributed by atoms with Crippen LogP contribution in [0.2, 0.25) is 5.02 Å². The van der Waals surface area contributed by atoms with Crippen LogP contribution < -0.4 is 15.0 Å². The van der Waals surface area contributed by atoms with E-state index in [0.717, 1.165) is 11.1 Å². The molecule has 0 aliphatic carbocycles. The van der Waals surface area contributed by atoms with E-state index in [4.69, 9.17) is 35.3 Å². The zero-order chi connectivity index (χ0) is 33.3. The Morgan fingerprint density at radius 3 is 2.67 bits per heavy atom. The Labute approximate surface area is 268 Å². The van der Waals surface area contributed by atoms with Crippen LogP contribution in [-0.4, -0.2) is 92.8 Å². The molecule has 1 aromatic carbocycles. The lowest BCUT2D eigenvalue weighted by molar-refractivity contribution is -0.154. The van der Waals surface area contributed by atoms with Gasteiger partial charge in [0.25, 0.3) is 0 Å². The minimum Gasteiger partial charge on any atom is -0.495 e. The highest BCUT2D eigenvalue weighted by molar-refractivity contribution is 6.35. The molecule has 45 heavy (non-hydrogen) atoms. The first-order valence-electron chi connectivity index (χ1n) is 14.7. The zero-order valence-corrected chi connectivity index (χ0v) is 27.4. The maximum absolute atomic E-state index is 13.8. The van der Waals surface area contributed by atoms with Gasteiger partial charge in [0.2, 0.25) is 5.91 Å². The molecule has 2 amide bonds. The van der Waals surface area contributed by atoms with Gasteiger partial charge in [-0.05, 0) is 51.6 Å². The molecule has 4 rings (SSSR count). The number of nitrogens with one attached hydrogen (secondary N) is 1. The van der Waals surface area contributed by atoms with Gasteiger partial charge >= 0.3 is 12.1 Å². The minimum absolute atomic E-state index is 0.0188. The summed E-state index contributed by atoms with van der Waals surface area (Å²) in [6, 6.07) is 2.73. The number of anilines is 1. The van der Waals surface area contributed by atoms with Crippen LogP contribution in [0.25, 0.3) is 0 Å². The number of allylic oxidation sites excluding steroid dienone is 3. The molecule has 0 aromatic heterocycles. The van der Waals surface area contributed by atoms with Crippen LogP contribution in [0.5, 0.6) is 5.75 Å². The molecule has 0 unspecified atom stereocenters. The summed E-state index contributed by atoms with van der Waals surface area (Å²) in [4.78, 5) is 44.6. The maximum atomic E-state index is 13.8. The molecule has 0 saturated carbocycles. The van der Waals surface area contributed by atoms with Gasteiger partial charge in [0.05, 0.1) is 25.3 Å². The number of fused-ring (bicyclic) bond motifs is 5. The van der Waals surface area contributed by atoms with Gasteiger partial charge in [-0.15, -0.1) is 0 Å². The molecule has 12 nitrogen and oxygen atoms in total. The van der Waals surface area contributed by atoms with E-state index in [1.165, 1.54) is 26.0 Å². The number of aliphatic imine (C=N–C) groups is 1. The first-order valence-corrected chi connectivity index (χ1v) is 15.1. The average Bonchev–Trinajstić information content (AvgIpc) is 3.69. The summed E-state index contributed by atoms with van der Waals surface area (Å²) in [6.07, 6.45) is 1.33. The van der Waals surface area contributed by atoms with Crippen LogP contribution >= 0.6 is 11.6 Å². The van der Waals surface area contributed by atoms with E-state index < -0.39 is 65.7 Å². The number of carbonyl (C=O) groups excluding carboxylic acids is 3. The Kier molecular flexibility index (Phi) is 10.3. The van der Waals surface area contributed by atoms with Crippen molar-refractivity contribution in [3.05, 3.63) is 46.5 Å². The molecule has 0 spiro atoms. The number of methoxy groups -OCH3 is 2. The Hall–Kier alpha value is -3.45. The van der Waals surface area contributed by atoms with Crippen molar-refractivity contribution < 1.29 is 43.2 Å². The largest absolute Gasteiger partial charge is 0.495 e. The zero-order valence-electron chi connectivity index (χ0n) is 26.7. The molecule has 13 heteroatoms. The maximum Gasteiger partial charge on any atom is 0.409 e. The highest BCUT2D eigenvalue weighted by Gasteiger charge is 2.64. The number of rotatable bonds is 5. The summed E-state index contributed by atoms with van der Waals surface area (Å²) in [7, 11) is 4.52. The summed E-state index contributed by atoms with van der Waals surface area (Å²) in [5.41, 5.74) is -0.726. The lowest BCUT2D eigenvalue weighted by Crippen LogP contribution is -2.63.